The van der Waals surface area contributed by atoms with Crippen molar-refractivity contribution in [1.29, 1.82) is 0 Å². The molecule has 19 heavy (non-hydrogen) atoms. The van der Waals surface area contributed by atoms with Gasteiger partial charge in [0.25, 0.3) is 0 Å². The first-order valence-electron chi connectivity index (χ1n) is 6.86. The van der Waals surface area contributed by atoms with Crippen molar-refractivity contribution in [2.75, 3.05) is 13.2 Å². The Hall–Kier alpha value is -1.39. The van der Waals surface area contributed by atoms with E-state index in [9.17, 15) is 0 Å². The van der Waals surface area contributed by atoms with Crippen LogP contribution in [0.4, 0.5) is 0 Å². The van der Waals surface area contributed by atoms with E-state index < -0.39 is 0 Å². The van der Waals surface area contributed by atoms with Crippen molar-refractivity contribution in [3.8, 4) is 0 Å². The van der Waals surface area contributed by atoms with Crippen molar-refractivity contribution in [3.63, 3.8) is 0 Å². The number of aryl methyl sites for hydroxylation is 1. The molecule has 2 aromatic rings. The summed E-state index contributed by atoms with van der Waals surface area (Å²) in [7, 11) is 2.07. The van der Waals surface area contributed by atoms with Crippen LogP contribution in [0.1, 0.15) is 37.6 Å². The zero-order chi connectivity index (χ0) is 13.8. The van der Waals surface area contributed by atoms with Crippen LogP contribution in [0.25, 0.3) is 11.0 Å². The fraction of sp³-hybridized carbons (Fsp3) is 0.533. The number of imidazole rings is 1. The maximum absolute atomic E-state index is 5.58. The molecule has 0 saturated carbocycles. The molecule has 0 fully saturated rings. The van der Waals surface area contributed by atoms with E-state index in [0.717, 1.165) is 23.3 Å². The van der Waals surface area contributed by atoms with E-state index in [0.29, 0.717) is 25.7 Å². The van der Waals surface area contributed by atoms with Crippen LogP contribution in [0.3, 0.4) is 0 Å². The number of aromatic nitrogens is 2. The zero-order valence-corrected chi connectivity index (χ0v) is 12.0. The Kier molecular flexibility index (Phi) is 4.56. The monoisotopic (exact) mass is 261 g/mol. The number of benzene rings is 1. The summed E-state index contributed by atoms with van der Waals surface area (Å²) < 4.78 is 7.74. The highest BCUT2D eigenvalue weighted by Crippen LogP contribution is 2.21. The molecule has 1 heterocycles. The van der Waals surface area contributed by atoms with Crippen LogP contribution in [0.15, 0.2) is 18.2 Å². The Bertz CT molecular complexity index is 546. The van der Waals surface area contributed by atoms with Crippen LogP contribution in [-0.4, -0.2) is 22.7 Å². The predicted octanol–water partition coefficient (Wildman–Crippen LogP) is 2.56. The minimum atomic E-state index is 0.432. The van der Waals surface area contributed by atoms with E-state index in [1.165, 1.54) is 5.52 Å². The van der Waals surface area contributed by atoms with Crippen molar-refractivity contribution in [2.24, 2.45) is 12.8 Å². The molecule has 0 aliphatic heterocycles. The lowest BCUT2D eigenvalue weighted by atomic mass is 10.2. The molecule has 0 bridgehead atoms. The van der Waals surface area contributed by atoms with E-state index in [2.05, 4.69) is 43.7 Å². The van der Waals surface area contributed by atoms with Gasteiger partial charge in [-0.05, 0) is 30.7 Å². The summed E-state index contributed by atoms with van der Waals surface area (Å²) in [6.45, 7) is 6.35. The maximum Gasteiger partial charge on any atom is 0.112 e. The number of nitrogens with two attached hydrogens (primary N) is 1. The highest BCUT2D eigenvalue weighted by molar-refractivity contribution is 5.76. The average Bonchev–Trinajstić information content (AvgIpc) is 2.72. The topological polar surface area (TPSA) is 53.1 Å². The molecule has 1 aromatic carbocycles. The normalized spacial score (nSPS) is 11.6. The Morgan fingerprint density at radius 3 is 2.84 bits per heavy atom. The molecule has 104 valence electrons. The second-order valence-electron chi connectivity index (χ2n) is 5.20. The van der Waals surface area contributed by atoms with Gasteiger partial charge in [0.1, 0.15) is 5.82 Å². The third-order valence-electron chi connectivity index (χ3n) is 3.26. The summed E-state index contributed by atoms with van der Waals surface area (Å²) in [6.07, 6.45) is 0.906. The van der Waals surface area contributed by atoms with Crippen LogP contribution in [0, 0.1) is 0 Å². The number of hydrogen-bond donors (Lipinski definition) is 1. The summed E-state index contributed by atoms with van der Waals surface area (Å²) in [5.41, 5.74) is 8.82. The molecule has 4 heteroatoms. The second-order valence-corrected chi connectivity index (χ2v) is 5.20. The van der Waals surface area contributed by atoms with Crippen molar-refractivity contribution < 1.29 is 4.74 Å². The SMILES string of the molecule is CC(C)c1nc2cc(COCCCN)ccc2n1C. The average molecular weight is 261 g/mol. The van der Waals surface area contributed by atoms with Gasteiger partial charge < -0.3 is 15.0 Å². The second kappa shape index (κ2) is 6.17. The van der Waals surface area contributed by atoms with Gasteiger partial charge in [0.15, 0.2) is 0 Å². The quantitative estimate of drug-likeness (QED) is 0.813. The minimum absolute atomic E-state index is 0.432. The highest BCUT2D eigenvalue weighted by atomic mass is 16.5. The van der Waals surface area contributed by atoms with Gasteiger partial charge in [-0.25, -0.2) is 4.98 Å². The number of fused-ring (bicyclic) bond motifs is 1. The molecule has 1 aromatic heterocycles. The number of ether oxygens (including phenoxy) is 1. The van der Waals surface area contributed by atoms with E-state index in [1.54, 1.807) is 0 Å². The molecule has 2 N–H and O–H groups in total. The standard InChI is InChI=1S/C15H23N3O/c1-11(2)15-17-13-9-12(10-19-8-4-7-16)5-6-14(13)18(15)3/h5-6,9,11H,4,7-8,10,16H2,1-3H3. The van der Waals surface area contributed by atoms with Gasteiger partial charge in [-0.2, -0.15) is 0 Å². The van der Waals surface area contributed by atoms with Crippen molar-refractivity contribution >= 4 is 11.0 Å². The fourth-order valence-electron chi connectivity index (χ4n) is 2.25. The van der Waals surface area contributed by atoms with Crippen LogP contribution >= 0.6 is 0 Å². The van der Waals surface area contributed by atoms with Crippen LogP contribution < -0.4 is 5.73 Å². The molecular formula is C15H23N3O. The van der Waals surface area contributed by atoms with Crippen LogP contribution in [0.2, 0.25) is 0 Å². The van der Waals surface area contributed by atoms with Gasteiger partial charge >= 0.3 is 0 Å². The molecule has 0 amide bonds. The first kappa shape index (κ1) is 14.0. The highest BCUT2D eigenvalue weighted by Gasteiger charge is 2.10. The van der Waals surface area contributed by atoms with Crippen LogP contribution in [0.5, 0.6) is 0 Å². The van der Waals surface area contributed by atoms with Crippen molar-refractivity contribution in [1.82, 2.24) is 9.55 Å². The molecule has 2 rings (SSSR count). The van der Waals surface area contributed by atoms with Gasteiger partial charge in [0.2, 0.25) is 0 Å². The van der Waals surface area contributed by atoms with Gasteiger partial charge in [-0.3, -0.25) is 0 Å². The summed E-state index contributed by atoms with van der Waals surface area (Å²) in [5.74, 6) is 1.55. The van der Waals surface area contributed by atoms with Crippen molar-refractivity contribution in [3.05, 3.63) is 29.6 Å². The third-order valence-corrected chi connectivity index (χ3v) is 3.26. The van der Waals surface area contributed by atoms with E-state index in [1.807, 2.05) is 0 Å². The lowest BCUT2D eigenvalue weighted by Gasteiger charge is -2.05. The largest absolute Gasteiger partial charge is 0.377 e. The minimum Gasteiger partial charge on any atom is -0.377 e. The number of rotatable bonds is 6. The van der Waals surface area contributed by atoms with Gasteiger partial charge in [-0.15, -0.1) is 0 Å². The Morgan fingerprint density at radius 2 is 2.16 bits per heavy atom. The van der Waals surface area contributed by atoms with Gasteiger partial charge in [-0.1, -0.05) is 19.9 Å². The molecule has 0 spiro atoms. The zero-order valence-electron chi connectivity index (χ0n) is 12.0. The van der Waals surface area contributed by atoms with Gasteiger partial charge in [0.05, 0.1) is 17.6 Å². The number of hydrogen-bond acceptors (Lipinski definition) is 3. The lowest BCUT2D eigenvalue weighted by molar-refractivity contribution is 0.120. The van der Waals surface area contributed by atoms with Crippen LogP contribution in [-0.2, 0) is 18.4 Å². The Labute approximate surface area is 114 Å². The Balaban J connectivity index is 2.16. The van der Waals surface area contributed by atoms with E-state index >= 15 is 0 Å². The van der Waals surface area contributed by atoms with E-state index in [4.69, 9.17) is 15.5 Å². The molecular weight excluding hydrogens is 238 g/mol. The first-order valence-corrected chi connectivity index (χ1v) is 6.86. The smallest absolute Gasteiger partial charge is 0.112 e. The predicted molar refractivity (Wildman–Crippen MR) is 78.1 cm³/mol. The molecule has 4 nitrogen and oxygen atoms in total. The van der Waals surface area contributed by atoms with Gasteiger partial charge in [0, 0.05) is 19.6 Å². The summed E-state index contributed by atoms with van der Waals surface area (Å²) in [6, 6.07) is 6.34. The van der Waals surface area contributed by atoms with Crippen molar-refractivity contribution in [2.45, 2.75) is 32.8 Å². The number of nitrogens with zero attached hydrogens (tertiary/aromatic N) is 2. The molecule has 0 aliphatic carbocycles. The third kappa shape index (κ3) is 3.14. The van der Waals surface area contributed by atoms with E-state index in [-0.39, 0.29) is 0 Å². The summed E-state index contributed by atoms with van der Waals surface area (Å²) in [4.78, 5) is 4.70. The lowest BCUT2D eigenvalue weighted by Crippen LogP contribution is -2.04. The molecule has 0 aliphatic rings. The first-order chi connectivity index (χ1) is 9.13. The molecule has 0 unspecified atom stereocenters. The molecule has 0 saturated heterocycles. The fourth-order valence-corrected chi connectivity index (χ4v) is 2.25. The summed E-state index contributed by atoms with van der Waals surface area (Å²) >= 11 is 0. The summed E-state index contributed by atoms with van der Waals surface area (Å²) in [5, 5.41) is 0. The Morgan fingerprint density at radius 1 is 1.37 bits per heavy atom. The maximum atomic E-state index is 5.58. The molecule has 0 radical (unpaired) electrons. The molecule has 0 atom stereocenters.